The highest BCUT2D eigenvalue weighted by Gasteiger charge is 2.32. The molecule has 17 heavy (non-hydrogen) atoms. The largest absolute Gasteiger partial charge is 0.459 e. The molecule has 0 radical (unpaired) electrons. The van der Waals surface area contributed by atoms with Crippen molar-refractivity contribution >= 4 is 12.0 Å². The van der Waals surface area contributed by atoms with Gasteiger partial charge in [0.05, 0.1) is 6.54 Å². The predicted molar refractivity (Wildman–Crippen MR) is 61.2 cm³/mol. The van der Waals surface area contributed by atoms with E-state index in [-0.39, 0.29) is 12.6 Å². The van der Waals surface area contributed by atoms with Crippen LogP contribution in [0.4, 0.5) is 4.79 Å². The van der Waals surface area contributed by atoms with Gasteiger partial charge in [-0.15, -0.1) is 0 Å². The van der Waals surface area contributed by atoms with E-state index in [4.69, 9.17) is 4.74 Å². The van der Waals surface area contributed by atoms with Crippen LogP contribution in [0.2, 0.25) is 0 Å². The summed E-state index contributed by atoms with van der Waals surface area (Å²) in [5, 5.41) is 2.55. The third kappa shape index (κ3) is 2.75. The molecule has 1 aromatic rings. The molecule has 1 heterocycles. The van der Waals surface area contributed by atoms with Crippen molar-refractivity contribution < 1.29 is 14.3 Å². The minimum atomic E-state index is -0.559. The van der Waals surface area contributed by atoms with Crippen molar-refractivity contribution in [2.75, 3.05) is 13.6 Å². The average molecular weight is 234 g/mol. The first-order chi connectivity index (χ1) is 8.16. The number of nitrogens with one attached hydrogen (secondary N) is 1. The number of nitrogens with zero attached hydrogens (tertiary/aromatic N) is 1. The predicted octanol–water partition coefficient (Wildman–Crippen LogP) is 0.753. The second kappa shape index (κ2) is 4.86. The Morgan fingerprint density at radius 1 is 1.47 bits per heavy atom. The summed E-state index contributed by atoms with van der Waals surface area (Å²) in [6.45, 7) is 0.586. The second-order valence-electron chi connectivity index (χ2n) is 3.98. The molecule has 2 rings (SSSR count). The molecule has 1 saturated heterocycles. The van der Waals surface area contributed by atoms with Crippen LogP contribution < -0.4 is 5.32 Å². The fourth-order valence-corrected chi connectivity index (χ4v) is 1.62. The standard InChI is InChI=1S/C12H14N2O3/c1-14-7-10(13-12(14)16)11(15)17-8-9-5-3-2-4-6-9/h2-6,10H,7-8H2,1H3,(H,13,16)/t10-/m0/s1. The Kier molecular flexibility index (Phi) is 3.27. The number of carbonyl (C=O) groups excluding carboxylic acids is 2. The second-order valence-corrected chi connectivity index (χ2v) is 3.98. The molecule has 1 fully saturated rings. The van der Waals surface area contributed by atoms with Crippen LogP contribution in [0, 0.1) is 0 Å². The maximum Gasteiger partial charge on any atom is 0.330 e. The van der Waals surface area contributed by atoms with Crippen molar-refractivity contribution in [3.05, 3.63) is 35.9 Å². The van der Waals surface area contributed by atoms with Crippen molar-refractivity contribution in [3.8, 4) is 0 Å². The Bertz CT molecular complexity index is 419. The Balaban J connectivity index is 1.84. The fraction of sp³-hybridized carbons (Fsp3) is 0.333. The van der Waals surface area contributed by atoms with Gasteiger partial charge in [-0.1, -0.05) is 30.3 Å². The molecule has 0 saturated carbocycles. The van der Waals surface area contributed by atoms with Crippen LogP contribution >= 0.6 is 0 Å². The molecule has 2 amide bonds. The summed E-state index contributed by atoms with van der Waals surface area (Å²) in [6.07, 6.45) is 0. The van der Waals surface area contributed by atoms with Gasteiger partial charge < -0.3 is 15.0 Å². The van der Waals surface area contributed by atoms with E-state index in [0.717, 1.165) is 5.56 Å². The smallest absolute Gasteiger partial charge is 0.330 e. The highest BCUT2D eigenvalue weighted by molar-refractivity contribution is 5.87. The number of amides is 2. The minimum Gasteiger partial charge on any atom is -0.459 e. The number of likely N-dealkylation sites (N-methyl/N-ethyl adjacent to an activating group) is 1. The van der Waals surface area contributed by atoms with E-state index in [1.165, 1.54) is 4.90 Å². The molecular weight excluding hydrogens is 220 g/mol. The summed E-state index contributed by atoms with van der Waals surface area (Å²) in [5.41, 5.74) is 0.929. The molecule has 0 spiro atoms. The van der Waals surface area contributed by atoms with E-state index in [9.17, 15) is 9.59 Å². The maximum absolute atomic E-state index is 11.6. The van der Waals surface area contributed by atoms with Gasteiger partial charge in [-0.2, -0.15) is 0 Å². The number of urea groups is 1. The van der Waals surface area contributed by atoms with E-state index in [2.05, 4.69) is 5.32 Å². The number of ether oxygens (including phenoxy) is 1. The molecule has 1 aromatic carbocycles. The van der Waals surface area contributed by atoms with E-state index in [1.54, 1.807) is 7.05 Å². The third-order valence-electron chi connectivity index (χ3n) is 2.61. The van der Waals surface area contributed by atoms with Crippen LogP contribution in [-0.4, -0.2) is 36.5 Å². The topological polar surface area (TPSA) is 58.6 Å². The number of esters is 1. The molecule has 5 nitrogen and oxygen atoms in total. The number of benzene rings is 1. The van der Waals surface area contributed by atoms with Gasteiger partial charge in [0.15, 0.2) is 0 Å². The number of carbonyl (C=O) groups is 2. The first-order valence-corrected chi connectivity index (χ1v) is 5.39. The summed E-state index contributed by atoms with van der Waals surface area (Å²) in [6, 6.07) is 8.63. The zero-order valence-electron chi connectivity index (χ0n) is 9.55. The third-order valence-corrected chi connectivity index (χ3v) is 2.61. The summed E-state index contributed by atoms with van der Waals surface area (Å²) in [4.78, 5) is 24.3. The van der Waals surface area contributed by atoms with Gasteiger partial charge in [-0.3, -0.25) is 0 Å². The molecule has 1 aliphatic heterocycles. The molecule has 5 heteroatoms. The van der Waals surface area contributed by atoms with Gasteiger partial charge in [0, 0.05) is 7.05 Å². The van der Waals surface area contributed by atoms with E-state index >= 15 is 0 Å². The highest BCUT2D eigenvalue weighted by Crippen LogP contribution is 2.06. The molecule has 0 aliphatic carbocycles. The van der Waals surface area contributed by atoms with E-state index in [1.807, 2.05) is 30.3 Å². The number of rotatable bonds is 3. The SMILES string of the molecule is CN1C[C@@H](C(=O)OCc2ccccc2)NC1=O. The molecule has 0 unspecified atom stereocenters. The first-order valence-electron chi connectivity index (χ1n) is 5.39. The van der Waals surface area contributed by atoms with Crippen molar-refractivity contribution in [1.82, 2.24) is 10.2 Å². The zero-order valence-corrected chi connectivity index (χ0v) is 9.55. The summed E-state index contributed by atoms with van der Waals surface area (Å²) < 4.78 is 5.13. The van der Waals surface area contributed by atoms with Gasteiger partial charge in [0.2, 0.25) is 0 Å². The monoisotopic (exact) mass is 234 g/mol. The Morgan fingerprint density at radius 3 is 2.76 bits per heavy atom. The Hall–Kier alpha value is -2.04. The molecule has 1 aliphatic rings. The van der Waals surface area contributed by atoms with Gasteiger partial charge in [0.1, 0.15) is 12.6 Å². The quantitative estimate of drug-likeness (QED) is 0.785. The molecule has 1 N–H and O–H groups in total. The lowest BCUT2D eigenvalue weighted by atomic mass is 10.2. The minimum absolute atomic E-state index is 0.232. The van der Waals surface area contributed by atoms with Crippen molar-refractivity contribution in [2.24, 2.45) is 0 Å². The summed E-state index contributed by atoms with van der Waals surface area (Å²) in [7, 11) is 1.64. The molecule has 90 valence electrons. The van der Waals surface area contributed by atoms with Crippen molar-refractivity contribution in [1.29, 1.82) is 0 Å². The lowest BCUT2D eigenvalue weighted by molar-refractivity contribution is -0.146. The first kappa shape index (κ1) is 11.4. The Labute approximate surface area is 99.4 Å². The van der Waals surface area contributed by atoms with Crippen LogP contribution in [0.1, 0.15) is 5.56 Å². The lowest BCUT2D eigenvalue weighted by Crippen LogP contribution is -2.35. The fourth-order valence-electron chi connectivity index (χ4n) is 1.62. The van der Waals surface area contributed by atoms with Crippen LogP contribution in [0.5, 0.6) is 0 Å². The molecular formula is C12H14N2O3. The van der Waals surface area contributed by atoms with Crippen LogP contribution in [-0.2, 0) is 16.1 Å². The zero-order chi connectivity index (χ0) is 12.3. The summed E-state index contributed by atoms with van der Waals surface area (Å²) >= 11 is 0. The highest BCUT2D eigenvalue weighted by atomic mass is 16.5. The number of hydrogen-bond acceptors (Lipinski definition) is 3. The molecule has 0 bridgehead atoms. The van der Waals surface area contributed by atoms with Crippen LogP contribution in [0.3, 0.4) is 0 Å². The number of hydrogen-bond donors (Lipinski definition) is 1. The van der Waals surface area contributed by atoms with E-state index in [0.29, 0.717) is 6.54 Å². The van der Waals surface area contributed by atoms with Gasteiger partial charge in [0.25, 0.3) is 0 Å². The summed E-state index contributed by atoms with van der Waals surface area (Å²) in [5.74, 6) is -0.397. The van der Waals surface area contributed by atoms with Gasteiger partial charge in [-0.25, -0.2) is 9.59 Å². The van der Waals surface area contributed by atoms with E-state index < -0.39 is 12.0 Å². The maximum atomic E-state index is 11.6. The Morgan fingerprint density at radius 2 is 2.18 bits per heavy atom. The van der Waals surface area contributed by atoms with Crippen molar-refractivity contribution in [3.63, 3.8) is 0 Å². The van der Waals surface area contributed by atoms with Gasteiger partial charge in [-0.05, 0) is 5.56 Å². The normalized spacial score (nSPS) is 19.0. The molecule has 0 aromatic heterocycles. The van der Waals surface area contributed by atoms with Crippen molar-refractivity contribution in [2.45, 2.75) is 12.6 Å². The lowest BCUT2D eigenvalue weighted by Gasteiger charge is -2.09. The van der Waals surface area contributed by atoms with Gasteiger partial charge >= 0.3 is 12.0 Å². The van der Waals surface area contributed by atoms with Crippen LogP contribution in [0.25, 0.3) is 0 Å². The molecule has 1 atom stereocenters. The van der Waals surface area contributed by atoms with Crippen LogP contribution in [0.15, 0.2) is 30.3 Å². The average Bonchev–Trinajstić information content (AvgIpc) is 2.68.